The minimum atomic E-state index is -0.00501. The Labute approximate surface area is 197 Å². The van der Waals surface area contributed by atoms with Gasteiger partial charge in [-0.05, 0) is 89.8 Å². The van der Waals surface area contributed by atoms with Crippen molar-refractivity contribution in [2.24, 2.45) is 5.41 Å². The van der Waals surface area contributed by atoms with E-state index in [2.05, 4.69) is 66.2 Å². The molecule has 4 atom stereocenters. The molecule has 0 amide bonds. The summed E-state index contributed by atoms with van der Waals surface area (Å²) >= 11 is 0. The molecule has 4 unspecified atom stereocenters. The minimum Gasteiger partial charge on any atom is -0.313 e. The Bertz CT molecular complexity index is 672. The summed E-state index contributed by atoms with van der Waals surface area (Å²) in [6.07, 6.45) is 37.8. The highest BCUT2D eigenvalue weighted by atomic mass is 15.1. The number of allylic oxidation sites excluding steroid dienone is 5. The lowest BCUT2D eigenvalue weighted by atomic mass is 9.60. The predicted octanol–water partition coefficient (Wildman–Crippen LogP) is 7.02. The molecular weight excluding hydrogens is 390 g/mol. The standard InChI is InChI=1S/C29H47N3/c1-28(27-20-25-31-27)21-14-8-9-16-23-29(28,32-26-18-12-11-13-19-26)22-15-7-5-3-2-4-6-10-17-24-30/h3,5,12,14-15,18,21-22,24,26-27,30-32H,2,4,6-11,13,16-17,19-20,23,25H2,1H3/b5-3-,21-14-,22-15?,30-24?. The number of nitrogens with one attached hydrogen (secondary N) is 3. The largest absolute Gasteiger partial charge is 0.313 e. The summed E-state index contributed by atoms with van der Waals surface area (Å²) in [5.41, 5.74) is 0.0843. The molecule has 32 heavy (non-hydrogen) atoms. The maximum absolute atomic E-state index is 7.11. The summed E-state index contributed by atoms with van der Waals surface area (Å²) in [5.74, 6) is 0. The maximum Gasteiger partial charge on any atom is 0.0473 e. The van der Waals surface area contributed by atoms with Crippen LogP contribution in [0.2, 0.25) is 0 Å². The number of hydrogen-bond donors (Lipinski definition) is 3. The first-order valence-corrected chi connectivity index (χ1v) is 13.4. The first-order chi connectivity index (χ1) is 15.7. The molecule has 0 saturated carbocycles. The molecular formula is C29H47N3. The van der Waals surface area contributed by atoms with Gasteiger partial charge in [-0.3, -0.25) is 0 Å². The van der Waals surface area contributed by atoms with Crippen LogP contribution in [0.3, 0.4) is 0 Å². The van der Waals surface area contributed by atoms with Crippen LogP contribution in [0.1, 0.15) is 96.8 Å². The molecule has 1 heterocycles. The van der Waals surface area contributed by atoms with E-state index >= 15 is 0 Å². The molecule has 2 aliphatic carbocycles. The summed E-state index contributed by atoms with van der Waals surface area (Å²) < 4.78 is 0. The molecule has 0 radical (unpaired) electrons. The third-order valence-electron chi connectivity index (χ3n) is 7.92. The first kappa shape index (κ1) is 25.2. The van der Waals surface area contributed by atoms with Crippen molar-refractivity contribution in [1.82, 2.24) is 10.6 Å². The molecule has 178 valence electrons. The van der Waals surface area contributed by atoms with Gasteiger partial charge in [-0.15, -0.1) is 0 Å². The zero-order valence-corrected chi connectivity index (χ0v) is 20.5. The number of unbranched alkanes of at least 4 members (excludes halogenated alkanes) is 4. The Morgan fingerprint density at radius 2 is 1.84 bits per heavy atom. The van der Waals surface area contributed by atoms with Gasteiger partial charge in [0.05, 0.1) is 0 Å². The van der Waals surface area contributed by atoms with E-state index in [4.69, 9.17) is 5.41 Å². The zero-order valence-electron chi connectivity index (χ0n) is 20.5. The van der Waals surface area contributed by atoms with Gasteiger partial charge >= 0.3 is 0 Å². The Morgan fingerprint density at radius 1 is 1.00 bits per heavy atom. The van der Waals surface area contributed by atoms with Crippen molar-refractivity contribution >= 4 is 6.21 Å². The summed E-state index contributed by atoms with van der Waals surface area (Å²) in [6, 6.07) is 1.04. The van der Waals surface area contributed by atoms with Crippen LogP contribution in [0.5, 0.6) is 0 Å². The fourth-order valence-electron chi connectivity index (χ4n) is 5.69. The van der Waals surface area contributed by atoms with Gasteiger partial charge in [0, 0.05) is 23.0 Å². The fraction of sp³-hybridized carbons (Fsp3) is 0.690. The summed E-state index contributed by atoms with van der Waals surface area (Å²) in [5, 5.41) is 15.1. The zero-order chi connectivity index (χ0) is 22.5. The van der Waals surface area contributed by atoms with Gasteiger partial charge in [-0.2, -0.15) is 0 Å². The average Bonchev–Trinajstić information content (AvgIpc) is 2.75. The predicted molar refractivity (Wildman–Crippen MR) is 140 cm³/mol. The highest BCUT2D eigenvalue weighted by Gasteiger charge is 2.51. The SMILES string of the molecule is CC1(C2CCN2)/C=C\CCCCC1(C=CC/C=C\CCCCCC=N)NC1C=CCCC1. The molecule has 0 bridgehead atoms. The second-order valence-electron chi connectivity index (χ2n) is 10.3. The molecule has 3 rings (SSSR count). The summed E-state index contributed by atoms with van der Waals surface area (Å²) in [7, 11) is 0. The third kappa shape index (κ3) is 6.78. The van der Waals surface area contributed by atoms with Crippen LogP contribution in [0.15, 0.2) is 48.6 Å². The second kappa shape index (κ2) is 13.3. The Morgan fingerprint density at radius 3 is 2.59 bits per heavy atom. The molecule has 1 fully saturated rings. The molecule has 3 heteroatoms. The van der Waals surface area contributed by atoms with Crippen molar-refractivity contribution in [3.05, 3.63) is 48.6 Å². The van der Waals surface area contributed by atoms with Gasteiger partial charge in [0.2, 0.25) is 0 Å². The van der Waals surface area contributed by atoms with Gasteiger partial charge in [0.1, 0.15) is 0 Å². The lowest BCUT2D eigenvalue weighted by Crippen LogP contribution is -2.67. The van der Waals surface area contributed by atoms with Crippen LogP contribution in [0.4, 0.5) is 0 Å². The highest BCUT2D eigenvalue weighted by Crippen LogP contribution is 2.46. The fourth-order valence-corrected chi connectivity index (χ4v) is 5.69. The molecule has 3 aliphatic rings. The first-order valence-electron chi connectivity index (χ1n) is 13.4. The van der Waals surface area contributed by atoms with Crippen LogP contribution >= 0.6 is 0 Å². The molecule has 0 aromatic rings. The van der Waals surface area contributed by atoms with Gasteiger partial charge in [-0.25, -0.2) is 0 Å². The van der Waals surface area contributed by atoms with E-state index < -0.39 is 0 Å². The Kier molecular flexibility index (Phi) is 10.5. The molecule has 1 aliphatic heterocycles. The summed E-state index contributed by atoms with van der Waals surface area (Å²) in [4.78, 5) is 0. The van der Waals surface area contributed by atoms with E-state index in [0.29, 0.717) is 12.1 Å². The van der Waals surface area contributed by atoms with Crippen molar-refractivity contribution in [2.45, 2.75) is 114 Å². The van der Waals surface area contributed by atoms with Crippen molar-refractivity contribution in [2.75, 3.05) is 6.54 Å². The van der Waals surface area contributed by atoms with E-state index in [1.807, 2.05) is 0 Å². The van der Waals surface area contributed by atoms with E-state index in [9.17, 15) is 0 Å². The third-order valence-corrected chi connectivity index (χ3v) is 7.92. The van der Waals surface area contributed by atoms with Crippen LogP contribution < -0.4 is 10.6 Å². The Hall–Kier alpha value is -1.45. The smallest absolute Gasteiger partial charge is 0.0473 e. The van der Waals surface area contributed by atoms with Crippen molar-refractivity contribution in [3.8, 4) is 0 Å². The lowest BCUT2D eigenvalue weighted by Gasteiger charge is -2.55. The quantitative estimate of drug-likeness (QED) is 0.174. The molecule has 0 aromatic heterocycles. The molecule has 0 aromatic carbocycles. The van der Waals surface area contributed by atoms with Crippen LogP contribution in [0, 0.1) is 10.8 Å². The van der Waals surface area contributed by atoms with Gasteiger partial charge < -0.3 is 16.0 Å². The van der Waals surface area contributed by atoms with E-state index in [1.54, 1.807) is 0 Å². The molecule has 3 N–H and O–H groups in total. The van der Waals surface area contributed by atoms with Crippen LogP contribution in [-0.4, -0.2) is 30.4 Å². The average molecular weight is 438 g/mol. The van der Waals surface area contributed by atoms with Crippen LogP contribution in [-0.2, 0) is 0 Å². The van der Waals surface area contributed by atoms with Gasteiger partial charge in [0.15, 0.2) is 0 Å². The normalized spacial score (nSPS) is 34.3. The van der Waals surface area contributed by atoms with Crippen molar-refractivity contribution < 1.29 is 0 Å². The Balaban J connectivity index is 1.71. The van der Waals surface area contributed by atoms with E-state index in [1.165, 1.54) is 70.4 Å². The maximum atomic E-state index is 7.11. The van der Waals surface area contributed by atoms with Gasteiger partial charge in [0.25, 0.3) is 0 Å². The number of rotatable bonds is 12. The molecule has 1 saturated heterocycles. The second-order valence-corrected chi connectivity index (χ2v) is 10.3. The lowest BCUT2D eigenvalue weighted by molar-refractivity contribution is 0.0841. The molecule has 3 nitrogen and oxygen atoms in total. The topological polar surface area (TPSA) is 47.9 Å². The van der Waals surface area contributed by atoms with E-state index in [-0.39, 0.29) is 11.0 Å². The van der Waals surface area contributed by atoms with Crippen molar-refractivity contribution in [1.29, 1.82) is 5.41 Å². The van der Waals surface area contributed by atoms with Gasteiger partial charge in [-0.1, -0.05) is 68.4 Å². The van der Waals surface area contributed by atoms with Crippen LogP contribution in [0.25, 0.3) is 0 Å². The molecule has 0 spiro atoms. The monoisotopic (exact) mass is 437 g/mol. The minimum absolute atomic E-state index is 0.00501. The van der Waals surface area contributed by atoms with E-state index in [0.717, 1.165) is 32.2 Å². The number of hydrogen-bond acceptors (Lipinski definition) is 3. The highest BCUT2D eigenvalue weighted by molar-refractivity contribution is 5.52. The summed E-state index contributed by atoms with van der Waals surface area (Å²) in [6.45, 7) is 3.65. The van der Waals surface area contributed by atoms with Crippen molar-refractivity contribution in [3.63, 3.8) is 0 Å².